The number of hydrogen-bond donors (Lipinski definition) is 1. The first-order chi connectivity index (χ1) is 9.81. The molecule has 21 heavy (non-hydrogen) atoms. The Balaban J connectivity index is 2.96. The van der Waals surface area contributed by atoms with Crippen molar-refractivity contribution in [2.75, 3.05) is 6.54 Å². The highest BCUT2D eigenvalue weighted by Gasteiger charge is 2.39. The fourth-order valence-electron chi connectivity index (χ4n) is 2.97. The average molecular weight is 296 g/mol. The molecule has 0 bridgehead atoms. The summed E-state index contributed by atoms with van der Waals surface area (Å²) in [7, 11) is 0. The van der Waals surface area contributed by atoms with E-state index in [1.807, 2.05) is 25.7 Å². The fourth-order valence-corrected chi connectivity index (χ4v) is 2.97. The molecule has 0 aromatic heterocycles. The topological polar surface area (TPSA) is 49.4 Å². The van der Waals surface area contributed by atoms with Gasteiger partial charge in [-0.25, -0.2) is 0 Å². The van der Waals surface area contributed by atoms with Crippen molar-refractivity contribution < 1.29 is 9.59 Å². The third kappa shape index (κ3) is 5.01. The smallest absolute Gasteiger partial charge is 0.245 e. The van der Waals surface area contributed by atoms with Gasteiger partial charge in [-0.05, 0) is 18.3 Å². The predicted octanol–water partition coefficient (Wildman–Crippen LogP) is 3.11. The SMILES string of the molecule is CCCCC(CCC)N1CCC(=O)NC(C(C)(C)C)C1=O. The summed E-state index contributed by atoms with van der Waals surface area (Å²) in [5.41, 5.74) is -0.253. The van der Waals surface area contributed by atoms with Crippen molar-refractivity contribution in [1.82, 2.24) is 10.2 Å². The highest BCUT2D eigenvalue weighted by Crippen LogP contribution is 2.26. The third-order valence-corrected chi connectivity index (χ3v) is 4.23. The lowest BCUT2D eigenvalue weighted by Crippen LogP contribution is -2.54. The largest absolute Gasteiger partial charge is 0.344 e. The van der Waals surface area contributed by atoms with Gasteiger partial charge in [-0.2, -0.15) is 0 Å². The molecule has 122 valence electrons. The molecule has 2 amide bonds. The van der Waals surface area contributed by atoms with Crippen molar-refractivity contribution in [1.29, 1.82) is 0 Å². The van der Waals surface area contributed by atoms with Gasteiger partial charge in [0, 0.05) is 19.0 Å². The zero-order chi connectivity index (χ0) is 16.0. The molecule has 1 saturated heterocycles. The maximum Gasteiger partial charge on any atom is 0.245 e. The van der Waals surface area contributed by atoms with Crippen LogP contribution in [0.2, 0.25) is 0 Å². The number of carbonyl (C=O) groups excluding carboxylic acids is 2. The molecule has 2 unspecified atom stereocenters. The van der Waals surface area contributed by atoms with Gasteiger partial charge in [0.25, 0.3) is 0 Å². The van der Waals surface area contributed by atoms with E-state index in [1.165, 1.54) is 0 Å². The molecule has 1 rings (SSSR count). The Morgan fingerprint density at radius 1 is 1.19 bits per heavy atom. The van der Waals surface area contributed by atoms with Crippen LogP contribution in [-0.2, 0) is 9.59 Å². The van der Waals surface area contributed by atoms with Gasteiger partial charge in [-0.3, -0.25) is 9.59 Å². The van der Waals surface area contributed by atoms with Crippen LogP contribution in [0.5, 0.6) is 0 Å². The van der Waals surface area contributed by atoms with Crippen molar-refractivity contribution in [3.05, 3.63) is 0 Å². The number of nitrogens with zero attached hydrogens (tertiary/aromatic N) is 1. The maximum atomic E-state index is 12.9. The monoisotopic (exact) mass is 296 g/mol. The molecule has 1 fully saturated rings. The Bertz CT molecular complexity index is 360. The van der Waals surface area contributed by atoms with Crippen LogP contribution >= 0.6 is 0 Å². The average Bonchev–Trinajstić information content (AvgIpc) is 2.54. The van der Waals surface area contributed by atoms with E-state index in [0.29, 0.717) is 13.0 Å². The van der Waals surface area contributed by atoms with Gasteiger partial charge >= 0.3 is 0 Å². The molecule has 0 aromatic carbocycles. The molecular weight excluding hydrogens is 264 g/mol. The summed E-state index contributed by atoms with van der Waals surface area (Å²) >= 11 is 0. The first-order valence-electron chi connectivity index (χ1n) is 8.41. The maximum absolute atomic E-state index is 12.9. The Kier molecular flexibility index (Phi) is 6.69. The number of amides is 2. The molecule has 0 aromatic rings. The van der Waals surface area contributed by atoms with Crippen LogP contribution in [0.15, 0.2) is 0 Å². The molecule has 1 heterocycles. The van der Waals surface area contributed by atoms with Crippen LogP contribution in [-0.4, -0.2) is 35.3 Å². The highest BCUT2D eigenvalue weighted by atomic mass is 16.2. The van der Waals surface area contributed by atoms with E-state index in [9.17, 15) is 9.59 Å². The minimum Gasteiger partial charge on any atom is -0.344 e. The molecule has 0 aliphatic carbocycles. The van der Waals surface area contributed by atoms with Crippen molar-refractivity contribution >= 4 is 11.8 Å². The van der Waals surface area contributed by atoms with Crippen molar-refractivity contribution in [2.45, 2.75) is 85.2 Å². The van der Waals surface area contributed by atoms with E-state index < -0.39 is 6.04 Å². The zero-order valence-corrected chi connectivity index (χ0v) is 14.4. The number of unbranched alkanes of at least 4 members (excludes halogenated alkanes) is 1. The minimum atomic E-state index is -0.409. The lowest BCUT2D eigenvalue weighted by Gasteiger charge is -2.36. The summed E-state index contributed by atoms with van der Waals surface area (Å²) in [6, 6.07) is -0.131. The fraction of sp³-hybridized carbons (Fsp3) is 0.882. The summed E-state index contributed by atoms with van der Waals surface area (Å²) in [6.07, 6.45) is 5.83. The molecule has 0 spiro atoms. The standard InChI is InChI=1S/C17H32N2O2/c1-6-8-10-13(9-7-2)19-12-11-14(20)18-15(16(19)21)17(3,4)5/h13,15H,6-12H2,1-5H3,(H,18,20). The van der Waals surface area contributed by atoms with E-state index in [2.05, 4.69) is 19.2 Å². The van der Waals surface area contributed by atoms with E-state index in [1.54, 1.807) is 0 Å². The molecular formula is C17H32N2O2. The van der Waals surface area contributed by atoms with Crippen molar-refractivity contribution in [2.24, 2.45) is 5.41 Å². The molecule has 1 N–H and O–H groups in total. The second-order valence-electron chi connectivity index (χ2n) is 7.23. The second kappa shape index (κ2) is 7.81. The normalized spacial score (nSPS) is 22.0. The Morgan fingerprint density at radius 3 is 2.38 bits per heavy atom. The van der Waals surface area contributed by atoms with E-state index in [4.69, 9.17) is 0 Å². The second-order valence-corrected chi connectivity index (χ2v) is 7.23. The number of nitrogens with one attached hydrogen (secondary N) is 1. The summed E-state index contributed by atoms with van der Waals surface area (Å²) in [6.45, 7) is 10.9. The van der Waals surface area contributed by atoms with E-state index >= 15 is 0 Å². The number of carbonyl (C=O) groups is 2. The van der Waals surface area contributed by atoms with E-state index in [0.717, 1.165) is 32.1 Å². The summed E-state index contributed by atoms with van der Waals surface area (Å²) in [5, 5.41) is 2.92. The van der Waals surface area contributed by atoms with Crippen molar-refractivity contribution in [3.63, 3.8) is 0 Å². The molecule has 0 saturated carbocycles. The lowest BCUT2D eigenvalue weighted by molar-refractivity contribution is -0.138. The Hall–Kier alpha value is -1.06. The lowest BCUT2D eigenvalue weighted by atomic mass is 9.85. The zero-order valence-electron chi connectivity index (χ0n) is 14.4. The number of rotatable bonds is 6. The third-order valence-electron chi connectivity index (χ3n) is 4.23. The van der Waals surface area contributed by atoms with Crippen LogP contribution in [0.4, 0.5) is 0 Å². The van der Waals surface area contributed by atoms with Crippen LogP contribution in [0.1, 0.15) is 73.1 Å². The van der Waals surface area contributed by atoms with Crippen LogP contribution in [0.3, 0.4) is 0 Å². The highest BCUT2D eigenvalue weighted by molar-refractivity contribution is 5.90. The van der Waals surface area contributed by atoms with Crippen LogP contribution < -0.4 is 5.32 Å². The van der Waals surface area contributed by atoms with Gasteiger partial charge in [-0.1, -0.05) is 53.9 Å². The Morgan fingerprint density at radius 2 is 1.86 bits per heavy atom. The van der Waals surface area contributed by atoms with Gasteiger partial charge in [0.2, 0.25) is 11.8 Å². The molecule has 4 nitrogen and oxygen atoms in total. The predicted molar refractivity (Wildman–Crippen MR) is 85.9 cm³/mol. The van der Waals surface area contributed by atoms with Gasteiger partial charge in [0.05, 0.1) is 0 Å². The quantitative estimate of drug-likeness (QED) is 0.818. The molecule has 4 heteroatoms. The molecule has 1 aliphatic rings. The summed E-state index contributed by atoms with van der Waals surface area (Å²) < 4.78 is 0. The summed E-state index contributed by atoms with van der Waals surface area (Å²) in [5.74, 6) is 0.0967. The van der Waals surface area contributed by atoms with Crippen LogP contribution in [0.25, 0.3) is 0 Å². The first kappa shape index (κ1) is 18.0. The van der Waals surface area contributed by atoms with E-state index in [-0.39, 0.29) is 23.3 Å². The Labute approximate surface area is 129 Å². The number of hydrogen-bond acceptors (Lipinski definition) is 2. The minimum absolute atomic E-state index is 0.00323. The van der Waals surface area contributed by atoms with Gasteiger partial charge in [0.1, 0.15) is 6.04 Å². The van der Waals surface area contributed by atoms with Gasteiger partial charge < -0.3 is 10.2 Å². The van der Waals surface area contributed by atoms with Crippen LogP contribution in [0, 0.1) is 5.41 Å². The molecule has 1 aliphatic heterocycles. The molecule has 0 radical (unpaired) electrons. The molecule has 2 atom stereocenters. The van der Waals surface area contributed by atoms with Gasteiger partial charge in [0.15, 0.2) is 0 Å². The summed E-state index contributed by atoms with van der Waals surface area (Å²) in [4.78, 5) is 26.8. The van der Waals surface area contributed by atoms with Crippen molar-refractivity contribution in [3.8, 4) is 0 Å². The van der Waals surface area contributed by atoms with Gasteiger partial charge in [-0.15, -0.1) is 0 Å². The first-order valence-corrected chi connectivity index (χ1v) is 8.41.